The molecular weight excluding hydrogens is 328 g/mol. The van der Waals surface area contributed by atoms with Gasteiger partial charge < -0.3 is 10.5 Å². The first-order valence-electron chi connectivity index (χ1n) is 8.39. The zero-order valence-electron chi connectivity index (χ0n) is 14.0. The third kappa shape index (κ3) is 3.18. The molecule has 1 aromatic heterocycles. The molecule has 2 heterocycles. The lowest BCUT2D eigenvalue weighted by Gasteiger charge is -2.23. The van der Waals surface area contributed by atoms with Gasteiger partial charge in [-0.15, -0.1) is 0 Å². The summed E-state index contributed by atoms with van der Waals surface area (Å²) in [6.45, 7) is 0. The standard InChI is InChI=1S/C20H16N4O2/c21-11-16-14(7-8-23-19(16)22)9-13-3-5-15-17(10-13)24-20(25)26-18(15)6-4-12-1-2-12/h3,5,7-8,10,12,18H,1-2,9H2,(H2,22,23)(H,24,25)/t18-/m0/s1. The van der Waals surface area contributed by atoms with Crippen LogP contribution in [0.25, 0.3) is 0 Å². The number of amides is 1. The maximum atomic E-state index is 11.8. The summed E-state index contributed by atoms with van der Waals surface area (Å²) in [6.07, 6.45) is 3.29. The van der Waals surface area contributed by atoms with Crippen molar-refractivity contribution in [3.63, 3.8) is 0 Å². The zero-order chi connectivity index (χ0) is 18.1. The Balaban J connectivity index is 1.64. The molecule has 0 unspecified atom stereocenters. The minimum Gasteiger partial charge on any atom is -0.428 e. The topological polar surface area (TPSA) is 101 Å². The van der Waals surface area contributed by atoms with Crippen LogP contribution in [0.4, 0.5) is 16.3 Å². The summed E-state index contributed by atoms with van der Waals surface area (Å²) in [5, 5.41) is 12.0. The van der Waals surface area contributed by atoms with Crippen molar-refractivity contribution in [2.24, 2.45) is 5.92 Å². The molecule has 0 radical (unpaired) electrons. The molecule has 128 valence electrons. The van der Waals surface area contributed by atoms with Gasteiger partial charge in [-0.2, -0.15) is 5.26 Å². The molecular formula is C20H16N4O2. The summed E-state index contributed by atoms with van der Waals surface area (Å²) in [7, 11) is 0. The van der Waals surface area contributed by atoms with Gasteiger partial charge in [0.15, 0.2) is 6.10 Å². The highest BCUT2D eigenvalue weighted by Crippen LogP contribution is 2.33. The molecule has 1 fully saturated rings. The average molecular weight is 344 g/mol. The van der Waals surface area contributed by atoms with Crippen LogP contribution >= 0.6 is 0 Å². The molecule has 2 aliphatic rings. The summed E-state index contributed by atoms with van der Waals surface area (Å²) < 4.78 is 5.31. The Labute approximate surface area is 151 Å². The molecule has 1 aliphatic carbocycles. The van der Waals surface area contributed by atoms with E-state index in [1.807, 2.05) is 18.2 Å². The number of nitriles is 1. The number of benzene rings is 1. The minimum atomic E-state index is -0.542. The normalized spacial score (nSPS) is 17.8. The van der Waals surface area contributed by atoms with Gasteiger partial charge in [0.1, 0.15) is 11.9 Å². The van der Waals surface area contributed by atoms with Crippen LogP contribution in [0.5, 0.6) is 0 Å². The van der Waals surface area contributed by atoms with Crippen molar-refractivity contribution in [3.8, 4) is 17.9 Å². The van der Waals surface area contributed by atoms with E-state index in [0.29, 0.717) is 23.6 Å². The van der Waals surface area contributed by atoms with Gasteiger partial charge in [0.2, 0.25) is 0 Å². The maximum Gasteiger partial charge on any atom is 0.413 e. The van der Waals surface area contributed by atoms with Gasteiger partial charge in [-0.1, -0.05) is 24.0 Å². The van der Waals surface area contributed by atoms with Crippen molar-refractivity contribution in [3.05, 3.63) is 52.7 Å². The predicted octanol–water partition coefficient (Wildman–Crippen LogP) is 3.14. The largest absolute Gasteiger partial charge is 0.428 e. The monoisotopic (exact) mass is 344 g/mol. The average Bonchev–Trinajstić information content (AvgIpc) is 3.44. The molecule has 1 aromatic carbocycles. The van der Waals surface area contributed by atoms with Gasteiger partial charge >= 0.3 is 6.09 Å². The second-order valence-electron chi connectivity index (χ2n) is 6.41. The van der Waals surface area contributed by atoms with Crippen LogP contribution in [0.3, 0.4) is 0 Å². The van der Waals surface area contributed by atoms with Crippen molar-refractivity contribution in [1.82, 2.24) is 4.98 Å². The summed E-state index contributed by atoms with van der Waals surface area (Å²) in [6, 6.07) is 9.62. The number of nitrogens with one attached hydrogen (secondary N) is 1. The minimum absolute atomic E-state index is 0.222. The predicted molar refractivity (Wildman–Crippen MR) is 96.0 cm³/mol. The quantitative estimate of drug-likeness (QED) is 0.815. The van der Waals surface area contributed by atoms with E-state index >= 15 is 0 Å². The van der Waals surface area contributed by atoms with Gasteiger partial charge in [0.25, 0.3) is 0 Å². The van der Waals surface area contributed by atoms with Crippen molar-refractivity contribution in [1.29, 1.82) is 5.26 Å². The molecule has 6 heteroatoms. The van der Waals surface area contributed by atoms with Crippen molar-refractivity contribution >= 4 is 17.6 Å². The SMILES string of the molecule is N#Cc1c(Cc2ccc3c(c2)NC(=O)O[C@H]3C#CC2CC2)ccnc1N. The first kappa shape index (κ1) is 16.0. The van der Waals surface area contributed by atoms with E-state index in [9.17, 15) is 10.1 Å². The lowest BCUT2D eigenvalue weighted by Crippen LogP contribution is -2.24. The van der Waals surface area contributed by atoms with Gasteiger partial charge in [-0.05, 0) is 42.5 Å². The fourth-order valence-electron chi connectivity index (χ4n) is 2.90. The number of rotatable bonds is 2. The lowest BCUT2D eigenvalue weighted by atomic mass is 9.97. The third-order valence-corrected chi connectivity index (χ3v) is 4.43. The Morgan fingerprint density at radius 3 is 2.92 bits per heavy atom. The first-order chi connectivity index (χ1) is 12.6. The Morgan fingerprint density at radius 1 is 1.31 bits per heavy atom. The third-order valence-electron chi connectivity index (χ3n) is 4.43. The Morgan fingerprint density at radius 2 is 2.15 bits per heavy atom. The second kappa shape index (κ2) is 6.42. The number of hydrogen-bond donors (Lipinski definition) is 2. The zero-order valence-corrected chi connectivity index (χ0v) is 14.0. The number of hydrogen-bond acceptors (Lipinski definition) is 5. The van der Waals surface area contributed by atoms with Crippen LogP contribution in [0.15, 0.2) is 30.5 Å². The van der Waals surface area contributed by atoms with Crippen LogP contribution in [0, 0.1) is 29.1 Å². The number of aromatic nitrogens is 1. The fraction of sp³-hybridized carbons (Fsp3) is 0.250. The Bertz CT molecular complexity index is 993. The maximum absolute atomic E-state index is 11.8. The number of fused-ring (bicyclic) bond motifs is 1. The molecule has 0 spiro atoms. The van der Waals surface area contributed by atoms with Crippen LogP contribution < -0.4 is 11.1 Å². The van der Waals surface area contributed by atoms with E-state index in [4.69, 9.17) is 10.5 Å². The van der Waals surface area contributed by atoms with E-state index in [2.05, 4.69) is 28.2 Å². The second-order valence-corrected chi connectivity index (χ2v) is 6.41. The van der Waals surface area contributed by atoms with Gasteiger partial charge in [-0.25, -0.2) is 9.78 Å². The summed E-state index contributed by atoms with van der Waals surface area (Å²) in [5.74, 6) is 6.88. The van der Waals surface area contributed by atoms with Crippen LogP contribution in [0.1, 0.15) is 41.2 Å². The van der Waals surface area contributed by atoms with E-state index < -0.39 is 12.2 Å². The summed E-state index contributed by atoms with van der Waals surface area (Å²) >= 11 is 0. The highest BCUT2D eigenvalue weighted by atomic mass is 16.6. The first-order valence-corrected chi connectivity index (χ1v) is 8.39. The number of carbonyl (C=O) groups excluding carboxylic acids is 1. The fourth-order valence-corrected chi connectivity index (χ4v) is 2.90. The number of anilines is 2. The van der Waals surface area contributed by atoms with Gasteiger partial charge in [-0.3, -0.25) is 5.32 Å². The summed E-state index contributed by atoms with van der Waals surface area (Å²) in [4.78, 5) is 15.8. The molecule has 1 atom stereocenters. The Hall–Kier alpha value is -3.51. The van der Waals surface area contributed by atoms with Crippen LogP contribution in [-0.2, 0) is 11.2 Å². The van der Waals surface area contributed by atoms with E-state index in [1.54, 1.807) is 12.3 Å². The Kier molecular flexibility index (Phi) is 3.95. The summed E-state index contributed by atoms with van der Waals surface area (Å²) in [5.41, 5.74) is 9.43. The molecule has 0 saturated heterocycles. The van der Waals surface area contributed by atoms with Crippen molar-refractivity contribution in [2.45, 2.75) is 25.4 Å². The molecule has 26 heavy (non-hydrogen) atoms. The molecule has 1 amide bonds. The van der Waals surface area contributed by atoms with E-state index in [1.165, 1.54) is 0 Å². The number of pyridine rings is 1. The smallest absolute Gasteiger partial charge is 0.413 e. The molecule has 2 aromatic rings. The number of ether oxygens (including phenoxy) is 1. The van der Waals surface area contributed by atoms with Gasteiger partial charge in [0.05, 0.1) is 11.3 Å². The van der Waals surface area contributed by atoms with Crippen LogP contribution in [-0.4, -0.2) is 11.1 Å². The van der Waals surface area contributed by atoms with E-state index in [0.717, 1.165) is 29.5 Å². The molecule has 1 saturated carbocycles. The van der Waals surface area contributed by atoms with Crippen molar-refractivity contribution < 1.29 is 9.53 Å². The van der Waals surface area contributed by atoms with E-state index in [-0.39, 0.29) is 5.82 Å². The number of nitrogen functional groups attached to an aromatic ring is 1. The molecule has 1 aliphatic heterocycles. The molecule has 4 rings (SSSR count). The molecule has 3 N–H and O–H groups in total. The molecule has 0 bridgehead atoms. The van der Waals surface area contributed by atoms with Crippen molar-refractivity contribution in [2.75, 3.05) is 11.1 Å². The molecule has 6 nitrogen and oxygen atoms in total. The number of nitrogens with zero attached hydrogens (tertiary/aromatic N) is 2. The number of nitrogens with two attached hydrogens (primary N) is 1. The highest BCUT2D eigenvalue weighted by molar-refractivity contribution is 5.88. The highest BCUT2D eigenvalue weighted by Gasteiger charge is 2.26. The van der Waals surface area contributed by atoms with Gasteiger partial charge in [0, 0.05) is 17.7 Å². The van der Waals surface area contributed by atoms with Crippen LogP contribution in [0.2, 0.25) is 0 Å². The number of cyclic esters (lactones) is 1. The lowest BCUT2D eigenvalue weighted by molar-refractivity contribution is 0.134. The number of carbonyl (C=O) groups is 1.